The molecule has 2 aromatic rings. The first-order valence-electron chi connectivity index (χ1n) is 10.3. The monoisotopic (exact) mass is 380 g/mol. The van der Waals surface area contributed by atoms with Crippen molar-refractivity contribution >= 4 is 17.5 Å². The Hall–Kier alpha value is -2.70. The minimum absolute atomic E-state index is 0.0159. The Morgan fingerprint density at radius 1 is 1.07 bits per heavy atom. The second-order valence-corrected chi connectivity index (χ2v) is 7.63. The fraction of sp³-hybridized carbons (Fsp3) is 0.524. The van der Waals surface area contributed by atoms with Gasteiger partial charge in [0.25, 0.3) is 5.91 Å². The maximum Gasteiger partial charge on any atom is 0.272 e. The van der Waals surface area contributed by atoms with Gasteiger partial charge in [-0.2, -0.15) is 0 Å². The number of pyridine rings is 1. The van der Waals surface area contributed by atoms with Gasteiger partial charge >= 0.3 is 0 Å². The van der Waals surface area contributed by atoms with E-state index in [2.05, 4.69) is 25.2 Å². The zero-order valence-electron chi connectivity index (χ0n) is 16.5. The van der Waals surface area contributed by atoms with Crippen LogP contribution in [0, 0.1) is 6.92 Å². The number of carbonyl (C=O) groups is 1. The second kappa shape index (κ2) is 8.54. The summed E-state index contributed by atoms with van der Waals surface area (Å²) in [4.78, 5) is 30.4. The third-order valence-electron chi connectivity index (χ3n) is 5.55. The van der Waals surface area contributed by atoms with E-state index in [4.69, 9.17) is 0 Å². The van der Waals surface area contributed by atoms with Gasteiger partial charge in [0.05, 0.1) is 0 Å². The lowest BCUT2D eigenvalue weighted by atomic mass is 9.95. The van der Waals surface area contributed by atoms with Gasteiger partial charge in [0.2, 0.25) is 0 Å². The third-order valence-corrected chi connectivity index (χ3v) is 5.55. The van der Waals surface area contributed by atoms with E-state index in [0.29, 0.717) is 30.6 Å². The van der Waals surface area contributed by atoms with Crippen LogP contribution < -0.4 is 10.2 Å². The van der Waals surface area contributed by atoms with Gasteiger partial charge < -0.3 is 15.1 Å². The number of nitrogens with one attached hydrogen (secondary N) is 1. The number of nitrogens with zero attached hydrogens (tertiary/aromatic N) is 5. The first-order chi connectivity index (χ1) is 13.7. The molecule has 2 aliphatic rings. The lowest BCUT2D eigenvalue weighted by Gasteiger charge is -2.35. The molecule has 1 saturated carbocycles. The highest BCUT2D eigenvalue weighted by atomic mass is 16.2. The summed E-state index contributed by atoms with van der Waals surface area (Å²) in [5.41, 5.74) is 0.483. The summed E-state index contributed by atoms with van der Waals surface area (Å²) in [6.45, 7) is 4.75. The molecular weight excluding hydrogens is 352 g/mol. The Bertz CT molecular complexity index is 798. The summed E-state index contributed by atoms with van der Waals surface area (Å²) in [5.74, 6) is 2.36. The van der Waals surface area contributed by atoms with E-state index in [9.17, 15) is 4.79 Å². The van der Waals surface area contributed by atoms with Crippen LogP contribution in [0.2, 0.25) is 0 Å². The van der Waals surface area contributed by atoms with Gasteiger partial charge in [-0.05, 0) is 31.9 Å². The number of carbonyl (C=O) groups excluding carboxylic acids is 1. The van der Waals surface area contributed by atoms with Gasteiger partial charge in [0.15, 0.2) is 0 Å². The SMILES string of the molecule is Cc1nc(NC2CCCCC2)cc(C(=O)N2CCN(c3ccccn3)CC2)n1. The van der Waals surface area contributed by atoms with Gasteiger partial charge in [0.1, 0.15) is 23.2 Å². The van der Waals surface area contributed by atoms with Gasteiger partial charge in [-0.3, -0.25) is 4.79 Å². The molecule has 3 heterocycles. The number of rotatable bonds is 4. The fourth-order valence-corrected chi connectivity index (χ4v) is 4.05. The van der Waals surface area contributed by atoms with Gasteiger partial charge in [-0.25, -0.2) is 15.0 Å². The van der Waals surface area contributed by atoms with Crippen molar-refractivity contribution in [1.82, 2.24) is 19.9 Å². The van der Waals surface area contributed by atoms with E-state index in [1.54, 1.807) is 6.20 Å². The summed E-state index contributed by atoms with van der Waals surface area (Å²) >= 11 is 0. The van der Waals surface area contributed by atoms with E-state index in [1.165, 1.54) is 32.1 Å². The van der Waals surface area contributed by atoms with Crippen molar-refractivity contribution in [3.8, 4) is 0 Å². The molecule has 1 saturated heterocycles. The Morgan fingerprint density at radius 2 is 1.86 bits per heavy atom. The molecule has 148 valence electrons. The number of hydrogen-bond acceptors (Lipinski definition) is 6. The first-order valence-corrected chi connectivity index (χ1v) is 10.3. The number of amides is 1. The van der Waals surface area contributed by atoms with E-state index >= 15 is 0 Å². The topological polar surface area (TPSA) is 74.2 Å². The second-order valence-electron chi connectivity index (χ2n) is 7.63. The van der Waals surface area contributed by atoms with Crippen molar-refractivity contribution in [2.24, 2.45) is 0 Å². The van der Waals surface area contributed by atoms with Crippen LogP contribution in [-0.2, 0) is 0 Å². The molecule has 0 radical (unpaired) electrons. The third kappa shape index (κ3) is 4.40. The van der Waals surface area contributed by atoms with Crippen LogP contribution in [0.1, 0.15) is 48.4 Å². The van der Waals surface area contributed by atoms with Crippen LogP contribution in [0.5, 0.6) is 0 Å². The lowest BCUT2D eigenvalue weighted by molar-refractivity contribution is 0.0740. The molecule has 28 heavy (non-hydrogen) atoms. The lowest BCUT2D eigenvalue weighted by Crippen LogP contribution is -2.49. The molecule has 2 fully saturated rings. The summed E-state index contributed by atoms with van der Waals surface area (Å²) in [6.07, 6.45) is 7.97. The summed E-state index contributed by atoms with van der Waals surface area (Å²) < 4.78 is 0. The maximum absolute atomic E-state index is 13.0. The Labute approximate surface area is 166 Å². The Morgan fingerprint density at radius 3 is 2.57 bits per heavy atom. The molecule has 0 atom stereocenters. The van der Waals surface area contributed by atoms with Crippen LogP contribution in [-0.4, -0.2) is 58.0 Å². The number of aromatic nitrogens is 3. The van der Waals surface area contributed by atoms with Gasteiger partial charge in [-0.1, -0.05) is 25.3 Å². The van der Waals surface area contributed by atoms with Crippen LogP contribution >= 0.6 is 0 Å². The number of anilines is 2. The highest BCUT2D eigenvalue weighted by molar-refractivity contribution is 5.93. The van der Waals surface area contributed by atoms with Crippen molar-refractivity contribution in [2.45, 2.75) is 45.1 Å². The number of piperazine rings is 1. The standard InChI is InChI=1S/C21H28N6O/c1-16-23-18(15-19(24-16)25-17-7-3-2-4-8-17)21(28)27-13-11-26(12-14-27)20-9-5-6-10-22-20/h5-6,9-10,15,17H,2-4,7-8,11-14H2,1H3,(H,23,24,25). The molecule has 0 unspecified atom stereocenters. The van der Waals surface area contributed by atoms with E-state index in [-0.39, 0.29) is 5.91 Å². The summed E-state index contributed by atoms with van der Waals surface area (Å²) in [5, 5.41) is 3.51. The molecule has 0 bridgehead atoms. The maximum atomic E-state index is 13.0. The molecule has 4 rings (SSSR count). The molecule has 1 aliphatic carbocycles. The van der Waals surface area contributed by atoms with Crippen LogP contribution in [0.4, 0.5) is 11.6 Å². The summed E-state index contributed by atoms with van der Waals surface area (Å²) in [7, 11) is 0. The zero-order valence-corrected chi connectivity index (χ0v) is 16.5. The Balaban J connectivity index is 1.40. The molecule has 7 nitrogen and oxygen atoms in total. The smallest absolute Gasteiger partial charge is 0.272 e. The average Bonchev–Trinajstić information content (AvgIpc) is 2.74. The minimum Gasteiger partial charge on any atom is -0.367 e. The predicted octanol–water partition coefficient (Wildman–Crippen LogP) is 2.89. The first kappa shape index (κ1) is 18.7. The molecule has 0 aromatic carbocycles. The van der Waals surface area contributed by atoms with Crippen LogP contribution in [0.15, 0.2) is 30.5 Å². The van der Waals surface area contributed by atoms with Crippen molar-refractivity contribution in [1.29, 1.82) is 0 Å². The van der Waals surface area contributed by atoms with Gasteiger partial charge in [0, 0.05) is 44.5 Å². The van der Waals surface area contributed by atoms with E-state index < -0.39 is 0 Å². The average molecular weight is 380 g/mol. The van der Waals surface area contributed by atoms with Crippen LogP contribution in [0.25, 0.3) is 0 Å². The predicted molar refractivity (Wildman–Crippen MR) is 110 cm³/mol. The normalized spacial score (nSPS) is 18.2. The van der Waals surface area contributed by atoms with E-state index in [1.807, 2.05) is 36.1 Å². The highest BCUT2D eigenvalue weighted by Crippen LogP contribution is 2.21. The van der Waals surface area contributed by atoms with E-state index in [0.717, 1.165) is 24.7 Å². The van der Waals surface area contributed by atoms with Crippen molar-refractivity contribution in [2.75, 3.05) is 36.4 Å². The molecule has 7 heteroatoms. The largest absolute Gasteiger partial charge is 0.367 e. The molecule has 1 N–H and O–H groups in total. The molecule has 1 amide bonds. The molecule has 0 spiro atoms. The molecular formula is C21H28N6O. The number of aryl methyl sites for hydroxylation is 1. The quantitative estimate of drug-likeness (QED) is 0.879. The van der Waals surface area contributed by atoms with Crippen molar-refractivity contribution < 1.29 is 4.79 Å². The highest BCUT2D eigenvalue weighted by Gasteiger charge is 2.24. The molecule has 2 aromatic heterocycles. The minimum atomic E-state index is -0.0159. The molecule has 1 aliphatic heterocycles. The zero-order chi connectivity index (χ0) is 19.3. The Kier molecular flexibility index (Phi) is 5.69. The number of hydrogen-bond donors (Lipinski definition) is 1. The van der Waals surface area contributed by atoms with Crippen molar-refractivity contribution in [3.63, 3.8) is 0 Å². The fourth-order valence-electron chi connectivity index (χ4n) is 4.05. The van der Waals surface area contributed by atoms with Crippen molar-refractivity contribution in [3.05, 3.63) is 42.0 Å². The summed E-state index contributed by atoms with van der Waals surface area (Å²) in [6, 6.07) is 8.18. The van der Waals surface area contributed by atoms with Gasteiger partial charge in [-0.15, -0.1) is 0 Å². The van der Waals surface area contributed by atoms with Crippen LogP contribution in [0.3, 0.4) is 0 Å².